The Morgan fingerprint density at radius 2 is 1.83 bits per heavy atom. The van der Waals surface area contributed by atoms with E-state index in [1.807, 2.05) is 49.6 Å². The van der Waals surface area contributed by atoms with Gasteiger partial charge in [-0.15, -0.1) is 11.8 Å². The number of aryl methyl sites for hydroxylation is 1. The van der Waals surface area contributed by atoms with Gasteiger partial charge in [-0.25, -0.2) is 0 Å². The van der Waals surface area contributed by atoms with Gasteiger partial charge < -0.3 is 10.6 Å². The largest absolute Gasteiger partial charge is 0.347 e. The van der Waals surface area contributed by atoms with E-state index in [0.717, 1.165) is 10.5 Å². The summed E-state index contributed by atoms with van der Waals surface area (Å²) in [5.41, 5.74) is 2.94. The van der Waals surface area contributed by atoms with Crippen LogP contribution in [0.1, 0.15) is 11.1 Å². The molecule has 120 valence electrons. The number of thioether (sulfide) groups is 1. The first-order valence-electron chi connectivity index (χ1n) is 7.37. The molecule has 0 aromatic heterocycles. The highest BCUT2D eigenvalue weighted by molar-refractivity contribution is 7.98. The molecule has 0 atom stereocenters. The van der Waals surface area contributed by atoms with Crippen molar-refractivity contribution in [1.29, 1.82) is 0 Å². The van der Waals surface area contributed by atoms with Gasteiger partial charge in [0.15, 0.2) is 0 Å². The minimum Gasteiger partial charge on any atom is -0.347 e. The molecule has 0 aliphatic carbocycles. The van der Waals surface area contributed by atoms with Gasteiger partial charge in [0, 0.05) is 17.1 Å². The predicted molar refractivity (Wildman–Crippen MR) is 94.7 cm³/mol. The van der Waals surface area contributed by atoms with E-state index < -0.39 is 11.8 Å². The van der Waals surface area contributed by atoms with Crippen molar-refractivity contribution in [3.8, 4) is 0 Å². The Bertz CT molecular complexity index is 701. The number of amides is 2. The number of benzene rings is 2. The van der Waals surface area contributed by atoms with Crippen LogP contribution in [0.2, 0.25) is 0 Å². The predicted octanol–water partition coefficient (Wildman–Crippen LogP) is 3.01. The highest BCUT2D eigenvalue weighted by Gasteiger charge is 2.13. The monoisotopic (exact) mass is 328 g/mol. The van der Waals surface area contributed by atoms with E-state index in [4.69, 9.17) is 0 Å². The van der Waals surface area contributed by atoms with Crippen LogP contribution < -0.4 is 10.6 Å². The van der Waals surface area contributed by atoms with Crippen molar-refractivity contribution in [2.24, 2.45) is 0 Å². The van der Waals surface area contributed by atoms with Crippen LogP contribution in [0.4, 0.5) is 5.69 Å². The molecule has 23 heavy (non-hydrogen) atoms. The van der Waals surface area contributed by atoms with Crippen LogP contribution >= 0.6 is 11.8 Å². The van der Waals surface area contributed by atoms with Crippen LogP contribution in [0, 0.1) is 6.92 Å². The molecule has 0 heterocycles. The molecular formula is C18H20N2O2S. The van der Waals surface area contributed by atoms with Crippen LogP contribution in [0.25, 0.3) is 0 Å². The molecule has 2 aromatic rings. The number of nitrogens with one attached hydrogen (secondary N) is 2. The summed E-state index contributed by atoms with van der Waals surface area (Å²) in [6, 6.07) is 15.5. The number of hydrogen-bond acceptors (Lipinski definition) is 3. The standard InChI is InChI=1S/C18H20N2O2S/c1-13-5-3-6-14(11-13)9-10-19-17(21)18(22)20-15-7-4-8-16(12-15)23-2/h3-8,11-12H,9-10H2,1-2H3,(H,19,21)(H,20,22). The van der Waals surface area contributed by atoms with Gasteiger partial charge in [-0.1, -0.05) is 35.9 Å². The molecule has 0 bridgehead atoms. The number of carbonyl (C=O) groups excluding carboxylic acids is 2. The lowest BCUT2D eigenvalue weighted by atomic mass is 10.1. The SMILES string of the molecule is CSc1cccc(NC(=O)C(=O)NCCc2cccc(C)c2)c1. The summed E-state index contributed by atoms with van der Waals surface area (Å²) in [7, 11) is 0. The van der Waals surface area contributed by atoms with Gasteiger partial charge in [0.1, 0.15) is 0 Å². The second-order valence-electron chi connectivity index (χ2n) is 5.18. The van der Waals surface area contributed by atoms with Gasteiger partial charge in [0.05, 0.1) is 0 Å². The summed E-state index contributed by atoms with van der Waals surface area (Å²) in [4.78, 5) is 24.7. The third-order valence-corrected chi connectivity index (χ3v) is 4.04. The second-order valence-corrected chi connectivity index (χ2v) is 6.06. The van der Waals surface area contributed by atoms with Gasteiger partial charge in [0.25, 0.3) is 0 Å². The highest BCUT2D eigenvalue weighted by Crippen LogP contribution is 2.18. The smallest absolute Gasteiger partial charge is 0.313 e. The first kappa shape index (κ1) is 17.1. The fourth-order valence-corrected chi connectivity index (χ4v) is 2.62. The Labute approximate surface area is 140 Å². The molecule has 2 rings (SSSR count). The Kier molecular flexibility index (Phi) is 6.23. The summed E-state index contributed by atoms with van der Waals surface area (Å²) < 4.78 is 0. The molecule has 2 aromatic carbocycles. The molecule has 0 saturated carbocycles. The summed E-state index contributed by atoms with van der Waals surface area (Å²) in [6.07, 6.45) is 2.65. The number of anilines is 1. The quantitative estimate of drug-likeness (QED) is 0.655. The van der Waals surface area contributed by atoms with Gasteiger partial charge in [-0.05, 0) is 43.4 Å². The second kappa shape index (κ2) is 8.39. The first-order chi connectivity index (χ1) is 11.1. The fraction of sp³-hybridized carbons (Fsp3) is 0.222. The minimum atomic E-state index is -0.646. The van der Waals surface area contributed by atoms with E-state index in [0.29, 0.717) is 18.7 Å². The average molecular weight is 328 g/mol. The normalized spacial score (nSPS) is 10.2. The van der Waals surface area contributed by atoms with Gasteiger partial charge >= 0.3 is 11.8 Å². The molecule has 0 saturated heterocycles. The van der Waals surface area contributed by atoms with Gasteiger partial charge in [-0.2, -0.15) is 0 Å². The third kappa shape index (κ3) is 5.45. The molecular weight excluding hydrogens is 308 g/mol. The molecule has 2 amide bonds. The Balaban J connectivity index is 1.81. The van der Waals surface area contributed by atoms with Crippen molar-refractivity contribution < 1.29 is 9.59 Å². The zero-order chi connectivity index (χ0) is 16.7. The first-order valence-corrected chi connectivity index (χ1v) is 8.60. The highest BCUT2D eigenvalue weighted by atomic mass is 32.2. The summed E-state index contributed by atoms with van der Waals surface area (Å²) >= 11 is 1.58. The Hall–Kier alpha value is -2.27. The van der Waals surface area contributed by atoms with Crippen LogP contribution in [0.5, 0.6) is 0 Å². The molecule has 0 aliphatic heterocycles. The van der Waals surface area contributed by atoms with Crippen LogP contribution in [0.3, 0.4) is 0 Å². The van der Waals surface area contributed by atoms with Crippen LogP contribution in [-0.4, -0.2) is 24.6 Å². The summed E-state index contributed by atoms with van der Waals surface area (Å²) in [5.74, 6) is -1.26. The summed E-state index contributed by atoms with van der Waals surface area (Å²) in [5, 5.41) is 5.25. The number of carbonyl (C=O) groups is 2. The lowest BCUT2D eigenvalue weighted by Gasteiger charge is -2.08. The maximum atomic E-state index is 11.9. The average Bonchev–Trinajstić information content (AvgIpc) is 2.55. The third-order valence-electron chi connectivity index (χ3n) is 3.32. The molecule has 0 unspecified atom stereocenters. The van der Waals surface area contributed by atoms with E-state index in [9.17, 15) is 9.59 Å². The number of rotatable bonds is 5. The Morgan fingerprint density at radius 3 is 2.57 bits per heavy atom. The molecule has 0 fully saturated rings. The van der Waals surface area contributed by atoms with Crippen molar-refractivity contribution >= 4 is 29.3 Å². The van der Waals surface area contributed by atoms with E-state index in [1.54, 1.807) is 17.8 Å². The van der Waals surface area contributed by atoms with E-state index in [1.165, 1.54) is 5.56 Å². The van der Waals surface area contributed by atoms with Gasteiger partial charge in [0.2, 0.25) is 0 Å². The fourth-order valence-electron chi connectivity index (χ4n) is 2.16. The Morgan fingerprint density at radius 1 is 1.04 bits per heavy atom. The zero-order valence-corrected chi connectivity index (χ0v) is 14.1. The summed E-state index contributed by atoms with van der Waals surface area (Å²) in [6.45, 7) is 2.46. The van der Waals surface area contributed by atoms with Crippen molar-refractivity contribution in [1.82, 2.24) is 5.32 Å². The van der Waals surface area contributed by atoms with E-state index in [2.05, 4.69) is 16.7 Å². The van der Waals surface area contributed by atoms with Crippen molar-refractivity contribution in [3.05, 3.63) is 59.7 Å². The zero-order valence-electron chi connectivity index (χ0n) is 13.3. The van der Waals surface area contributed by atoms with E-state index >= 15 is 0 Å². The molecule has 2 N–H and O–H groups in total. The maximum Gasteiger partial charge on any atom is 0.313 e. The van der Waals surface area contributed by atoms with Crippen molar-refractivity contribution in [2.75, 3.05) is 18.1 Å². The van der Waals surface area contributed by atoms with Crippen molar-refractivity contribution in [2.45, 2.75) is 18.2 Å². The molecule has 0 spiro atoms. The lowest BCUT2D eigenvalue weighted by Crippen LogP contribution is -2.36. The molecule has 0 aliphatic rings. The topological polar surface area (TPSA) is 58.2 Å². The van der Waals surface area contributed by atoms with Gasteiger partial charge in [-0.3, -0.25) is 9.59 Å². The van der Waals surface area contributed by atoms with Crippen LogP contribution in [0.15, 0.2) is 53.4 Å². The minimum absolute atomic E-state index is 0.431. The van der Waals surface area contributed by atoms with E-state index in [-0.39, 0.29) is 0 Å². The molecule has 0 radical (unpaired) electrons. The molecule has 5 heteroatoms. The molecule has 4 nitrogen and oxygen atoms in total. The maximum absolute atomic E-state index is 11.9. The van der Waals surface area contributed by atoms with Crippen LogP contribution in [-0.2, 0) is 16.0 Å². The lowest BCUT2D eigenvalue weighted by molar-refractivity contribution is -0.136. The number of hydrogen-bond donors (Lipinski definition) is 2. The van der Waals surface area contributed by atoms with Crippen molar-refractivity contribution in [3.63, 3.8) is 0 Å².